The summed E-state index contributed by atoms with van der Waals surface area (Å²) in [4.78, 5) is 2.30. The van der Waals surface area contributed by atoms with Gasteiger partial charge in [0, 0.05) is 12.6 Å². The van der Waals surface area contributed by atoms with Crippen LogP contribution >= 0.6 is 0 Å². The molecule has 1 saturated carbocycles. The average molecular weight is 272 g/mol. The van der Waals surface area contributed by atoms with Gasteiger partial charge in [0.25, 0.3) is 0 Å². The van der Waals surface area contributed by atoms with E-state index in [0.29, 0.717) is 12.0 Å². The van der Waals surface area contributed by atoms with Gasteiger partial charge in [-0.05, 0) is 37.2 Å². The van der Waals surface area contributed by atoms with Gasteiger partial charge in [-0.3, -0.25) is 0 Å². The molecule has 1 fully saturated rings. The predicted octanol–water partition coefficient (Wildman–Crippen LogP) is 3.10. The highest BCUT2D eigenvalue weighted by Gasteiger charge is 2.33. The van der Waals surface area contributed by atoms with E-state index in [1.54, 1.807) is 0 Å². The van der Waals surface area contributed by atoms with Gasteiger partial charge in [0.15, 0.2) is 5.82 Å². The molecule has 1 aliphatic carbocycles. The van der Waals surface area contributed by atoms with Gasteiger partial charge in [-0.25, -0.2) is 0 Å². The number of hydrogen-bond acceptors (Lipinski definition) is 4. The van der Waals surface area contributed by atoms with Crippen LogP contribution < -0.4 is 4.90 Å². The maximum absolute atomic E-state index is 9.59. The second-order valence-corrected chi connectivity index (χ2v) is 5.92. The Morgan fingerprint density at radius 2 is 1.95 bits per heavy atom. The molecule has 108 valence electrons. The van der Waals surface area contributed by atoms with Crippen LogP contribution in [0.15, 0.2) is 0 Å². The fourth-order valence-corrected chi connectivity index (χ4v) is 2.67. The minimum Gasteiger partial charge on any atom is -0.351 e. The molecule has 2 rings (SSSR count). The lowest BCUT2D eigenvalue weighted by Gasteiger charge is -2.26. The van der Waals surface area contributed by atoms with Crippen molar-refractivity contribution in [3.63, 3.8) is 0 Å². The third kappa shape index (κ3) is 2.92. The number of nitrogens with zero attached hydrogens (tertiary/aromatic N) is 4. The Balaban J connectivity index is 2.46. The Morgan fingerprint density at radius 3 is 2.40 bits per heavy atom. The van der Waals surface area contributed by atoms with Crippen molar-refractivity contribution in [3.8, 4) is 6.07 Å². The van der Waals surface area contributed by atoms with Crippen LogP contribution in [0.4, 0.5) is 5.82 Å². The number of rotatable bonds is 6. The monoisotopic (exact) mass is 272 g/mol. The Bertz CT molecular complexity index is 512. The first-order chi connectivity index (χ1) is 9.62. The van der Waals surface area contributed by atoms with E-state index in [9.17, 15) is 5.26 Å². The molecule has 1 aromatic rings. The van der Waals surface area contributed by atoms with Crippen molar-refractivity contribution in [2.45, 2.75) is 59.4 Å². The lowest BCUT2D eigenvalue weighted by atomic mass is 10.0. The van der Waals surface area contributed by atoms with Crippen LogP contribution in [0.3, 0.4) is 0 Å². The van der Waals surface area contributed by atoms with Crippen LogP contribution in [0.1, 0.15) is 57.4 Å². The van der Waals surface area contributed by atoms with Gasteiger partial charge in [-0.1, -0.05) is 27.7 Å². The summed E-state index contributed by atoms with van der Waals surface area (Å²) in [5.74, 6) is 1.36. The van der Waals surface area contributed by atoms with Crippen molar-refractivity contribution in [1.29, 1.82) is 5.26 Å². The maximum Gasteiger partial charge on any atom is 0.169 e. The molecule has 1 aliphatic rings. The molecule has 0 aliphatic heterocycles. The molecule has 0 bridgehead atoms. The number of aromatic nitrogens is 2. The highest BCUT2D eigenvalue weighted by molar-refractivity contribution is 5.59. The number of hydrogen-bond donors (Lipinski definition) is 0. The molecule has 0 aromatic carbocycles. The van der Waals surface area contributed by atoms with E-state index in [4.69, 9.17) is 0 Å². The molecule has 0 atom stereocenters. The SMILES string of the molecule is CCc1nnc(N(CC(C)C)C2CC2)c(C#N)c1CC. The third-order valence-corrected chi connectivity index (χ3v) is 3.76. The Morgan fingerprint density at radius 1 is 1.25 bits per heavy atom. The van der Waals surface area contributed by atoms with Gasteiger partial charge < -0.3 is 4.90 Å². The van der Waals surface area contributed by atoms with Gasteiger partial charge >= 0.3 is 0 Å². The zero-order chi connectivity index (χ0) is 14.7. The normalized spacial score (nSPS) is 14.4. The first kappa shape index (κ1) is 14.8. The minimum atomic E-state index is 0.552. The van der Waals surface area contributed by atoms with Crippen LogP contribution in [0, 0.1) is 17.2 Å². The van der Waals surface area contributed by atoms with Crippen LogP contribution in [-0.2, 0) is 12.8 Å². The van der Waals surface area contributed by atoms with E-state index in [0.717, 1.165) is 42.0 Å². The molecule has 20 heavy (non-hydrogen) atoms. The average Bonchev–Trinajstić information content (AvgIpc) is 3.27. The predicted molar refractivity (Wildman–Crippen MR) is 80.7 cm³/mol. The third-order valence-electron chi connectivity index (χ3n) is 3.76. The van der Waals surface area contributed by atoms with Gasteiger partial charge in [-0.15, -0.1) is 5.10 Å². The fraction of sp³-hybridized carbons (Fsp3) is 0.688. The van der Waals surface area contributed by atoms with Crippen molar-refractivity contribution in [2.24, 2.45) is 5.92 Å². The van der Waals surface area contributed by atoms with E-state index >= 15 is 0 Å². The number of aryl methyl sites for hydroxylation is 1. The number of nitriles is 1. The van der Waals surface area contributed by atoms with E-state index in [1.165, 1.54) is 12.8 Å². The molecule has 0 spiro atoms. The van der Waals surface area contributed by atoms with E-state index in [1.807, 2.05) is 0 Å². The van der Waals surface area contributed by atoms with Gasteiger partial charge in [0.1, 0.15) is 11.6 Å². The molecule has 0 amide bonds. The van der Waals surface area contributed by atoms with Crippen LogP contribution in [-0.4, -0.2) is 22.8 Å². The van der Waals surface area contributed by atoms with Crippen molar-refractivity contribution >= 4 is 5.82 Å². The Hall–Kier alpha value is -1.63. The summed E-state index contributed by atoms with van der Waals surface area (Å²) < 4.78 is 0. The first-order valence-electron chi connectivity index (χ1n) is 7.67. The molecule has 4 heteroatoms. The van der Waals surface area contributed by atoms with Gasteiger partial charge in [0.05, 0.1) is 5.69 Å². The summed E-state index contributed by atoms with van der Waals surface area (Å²) in [6, 6.07) is 2.93. The highest BCUT2D eigenvalue weighted by atomic mass is 15.3. The van der Waals surface area contributed by atoms with Crippen molar-refractivity contribution in [3.05, 3.63) is 16.8 Å². The van der Waals surface area contributed by atoms with E-state index < -0.39 is 0 Å². The maximum atomic E-state index is 9.59. The molecular weight excluding hydrogens is 248 g/mol. The van der Waals surface area contributed by atoms with Crippen LogP contribution in [0.2, 0.25) is 0 Å². The Labute approximate surface area is 121 Å². The number of anilines is 1. The highest BCUT2D eigenvalue weighted by Crippen LogP contribution is 2.34. The first-order valence-corrected chi connectivity index (χ1v) is 7.67. The molecule has 0 N–H and O–H groups in total. The summed E-state index contributed by atoms with van der Waals surface area (Å²) >= 11 is 0. The van der Waals surface area contributed by atoms with Crippen molar-refractivity contribution in [1.82, 2.24) is 10.2 Å². The fourth-order valence-electron chi connectivity index (χ4n) is 2.67. The van der Waals surface area contributed by atoms with E-state index in [-0.39, 0.29) is 0 Å². The molecule has 0 radical (unpaired) electrons. The van der Waals surface area contributed by atoms with E-state index in [2.05, 4.69) is 48.9 Å². The quantitative estimate of drug-likeness (QED) is 0.798. The minimum absolute atomic E-state index is 0.552. The summed E-state index contributed by atoms with van der Waals surface area (Å²) in [6.07, 6.45) is 4.08. The largest absolute Gasteiger partial charge is 0.351 e. The standard InChI is InChI=1S/C16H24N4/c1-5-13-14(9-17)16(19-18-15(13)6-2)20(10-11(3)4)12-7-8-12/h11-12H,5-8,10H2,1-4H3. The van der Waals surface area contributed by atoms with Gasteiger partial charge in [0.2, 0.25) is 0 Å². The van der Waals surface area contributed by atoms with Crippen LogP contribution in [0.25, 0.3) is 0 Å². The summed E-state index contributed by atoms with van der Waals surface area (Å²) in [7, 11) is 0. The van der Waals surface area contributed by atoms with Crippen molar-refractivity contribution in [2.75, 3.05) is 11.4 Å². The molecule has 4 nitrogen and oxygen atoms in total. The molecular formula is C16H24N4. The lowest BCUT2D eigenvalue weighted by molar-refractivity contribution is 0.598. The summed E-state index contributed by atoms with van der Waals surface area (Å²) in [5.41, 5.74) is 2.79. The Kier molecular flexibility index (Phi) is 4.59. The zero-order valence-electron chi connectivity index (χ0n) is 13.0. The molecule has 1 heterocycles. The van der Waals surface area contributed by atoms with Gasteiger partial charge in [-0.2, -0.15) is 10.4 Å². The summed E-state index contributed by atoms with van der Waals surface area (Å²) in [5, 5.41) is 18.4. The smallest absolute Gasteiger partial charge is 0.169 e. The summed E-state index contributed by atoms with van der Waals surface area (Å²) in [6.45, 7) is 9.51. The molecule has 0 unspecified atom stereocenters. The topological polar surface area (TPSA) is 52.8 Å². The second-order valence-electron chi connectivity index (χ2n) is 5.92. The van der Waals surface area contributed by atoms with Crippen molar-refractivity contribution < 1.29 is 0 Å². The molecule has 1 aromatic heterocycles. The second kappa shape index (κ2) is 6.21. The van der Waals surface area contributed by atoms with Crippen LogP contribution in [0.5, 0.6) is 0 Å². The molecule has 0 saturated heterocycles. The lowest BCUT2D eigenvalue weighted by Crippen LogP contribution is -2.32. The zero-order valence-corrected chi connectivity index (χ0v) is 13.0.